The van der Waals surface area contributed by atoms with Crippen molar-refractivity contribution in [1.82, 2.24) is 20.2 Å². The van der Waals surface area contributed by atoms with Crippen molar-refractivity contribution >= 4 is 11.8 Å². The number of carbonyl (C=O) groups is 2. The number of nitrogens with one attached hydrogen (secondary N) is 2. The Morgan fingerprint density at radius 3 is 2.87 bits per heavy atom. The SMILES string of the molecule is Cc1nc(CCNC(=O)C2CCC(=O)N2)cn1-c1ccccc1. The van der Waals surface area contributed by atoms with Crippen molar-refractivity contribution in [3.8, 4) is 5.69 Å². The quantitative estimate of drug-likeness (QED) is 0.868. The number of nitrogens with zero attached hydrogens (tertiary/aromatic N) is 2. The van der Waals surface area contributed by atoms with Gasteiger partial charge in [0, 0.05) is 31.3 Å². The van der Waals surface area contributed by atoms with E-state index in [0.717, 1.165) is 17.2 Å². The second-order valence-electron chi connectivity index (χ2n) is 5.68. The van der Waals surface area contributed by atoms with Crippen LogP contribution in [0.4, 0.5) is 0 Å². The largest absolute Gasteiger partial charge is 0.354 e. The summed E-state index contributed by atoms with van der Waals surface area (Å²) in [6.45, 7) is 2.47. The zero-order valence-corrected chi connectivity index (χ0v) is 13.1. The lowest BCUT2D eigenvalue weighted by Gasteiger charge is -2.10. The maximum Gasteiger partial charge on any atom is 0.242 e. The molecule has 2 heterocycles. The molecule has 0 aliphatic carbocycles. The molecule has 0 radical (unpaired) electrons. The molecule has 0 spiro atoms. The standard InChI is InChI=1S/C17H20N4O2/c1-12-19-13(11-21(12)14-5-3-2-4-6-14)9-10-18-17(23)15-7-8-16(22)20-15/h2-6,11,15H,7-10H2,1H3,(H,18,23)(H,20,22). The molecule has 2 amide bonds. The molecule has 1 aliphatic heterocycles. The Labute approximate surface area is 134 Å². The number of imidazole rings is 1. The fraction of sp³-hybridized carbons (Fsp3) is 0.353. The molecule has 3 rings (SSSR count). The third kappa shape index (κ3) is 3.59. The highest BCUT2D eigenvalue weighted by atomic mass is 16.2. The number of hydrogen-bond donors (Lipinski definition) is 2. The van der Waals surface area contributed by atoms with Crippen LogP contribution in [-0.4, -0.2) is 34.0 Å². The Morgan fingerprint density at radius 1 is 1.39 bits per heavy atom. The van der Waals surface area contributed by atoms with Gasteiger partial charge in [-0.25, -0.2) is 4.98 Å². The maximum absolute atomic E-state index is 11.9. The summed E-state index contributed by atoms with van der Waals surface area (Å²) < 4.78 is 2.04. The molecular weight excluding hydrogens is 292 g/mol. The van der Waals surface area contributed by atoms with Gasteiger partial charge in [-0.05, 0) is 25.5 Å². The van der Waals surface area contributed by atoms with Gasteiger partial charge in [0.2, 0.25) is 11.8 Å². The first-order valence-electron chi connectivity index (χ1n) is 7.81. The first-order valence-corrected chi connectivity index (χ1v) is 7.81. The van der Waals surface area contributed by atoms with Gasteiger partial charge in [0.1, 0.15) is 11.9 Å². The average molecular weight is 312 g/mol. The van der Waals surface area contributed by atoms with Crippen molar-refractivity contribution in [3.63, 3.8) is 0 Å². The van der Waals surface area contributed by atoms with Crippen LogP contribution >= 0.6 is 0 Å². The molecule has 0 bridgehead atoms. The number of aromatic nitrogens is 2. The summed E-state index contributed by atoms with van der Waals surface area (Å²) in [5.41, 5.74) is 2.00. The Balaban J connectivity index is 1.55. The fourth-order valence-electron chi connectivity index (χ4n) is 2.75. The fourth-order valence-corrected chi connectivity index (χ4v) is 2.75. The Bertz CT molecular complexity index is 709. The van der Waals surface area contributed by atoms with Gasteiger partial charge in [-0.1, -0.05) is 18.2 Å². The molecule has 1 unspecified atom stereocenters. The second-order valence-corrected chi connectivity index (χ2v) is 5.68. The first-order chi connectivity index (χ1) is 11.1. The summed E-state index contributed by atoms with van der Waals surface area (Å²) in [5.74, 6) is 0.748. The number of hydrogen-bond acceptors (Lipinski definition) is 3. The van der Waals surface area contributed by atoms with Crippen LogP contribution in [0.1, 0.15) is 24.4 Å². The van der Waals surface area contributed by atoms with Crippen LogP contribution < -0.4 is 10.6 Å². The minimum Gasteiger partial charge on any atom is -0.354 e. The van der Waals surface area contributed by atoms with Gasteiger partial charge >= 0.3 is 0 Å². The highest BCUT2D eigenvalue weighted by molar-refractivity contribution is 5.90. The average Bonchev–Trinajstić information content (AvgIpc) is 3.14. The molecule has 1 aromatic heterocycles. The Morgan fingerprint density at radius 2 is 2.17 bits per heavy atom. The van der Waals surface area contributed by atoms with E-state index < -0.39 is 0 Å². The van der Waals surface area contributed by atoms with Gasteiger partial charge in [-0.2, -0.15) is 0 Å². The van der Waals surface area contributed by atoms with E-state index in [4.69, 9.17) is 0 Å². The number of benzene rings is 1. The molecule has 1 atom stereocenters. The zero-order valence-electron chi connectivity index (χ0n) is 13.1. The van der Waals surface area contributed by atoms with Gasteiger partial charge < -0.3 is 15.2 Å². The van der Waals surface area contributed by atoms with Crippen molar-refractivity contribution in [2.45, 2.75) is 32.2 Å². The number of para-hydroxylation sites is 1. The number of amides is 2. The van der Waals surface area contributed by atoms with Crippen molar-refractivity contribution in [2.24, 2.45) is 0 Å². The number of carbonyl (C=O) groups excluding carboxylic acids is 2. The zero-order chi connectivity index (χ0) is 16.2. The molecule has 1 aliphatic rings. The number of aryl methyl sites for hydroxylation is 1. The third-order valence-corrected chi connectivity index (χ3v) is 3.96. The predicted molar refractivity (Wildman–Crippen MR) is 86.2 cm³/mol. The second kappa shape index (κ2) is 6.64. The lowest BCUT2D eigenvalue weighted by atomic mass is 10.2. The summed E-state index contributed by atoms with van der Waals surface area (Å²) in [5, 5.41) is 5.53. The molecule has 1 saturated heterocycles. The van der Waals surface area contributed by atoms with Crippen LogP contribution in [0, 0.1) is 6.92 Å². The molecule has 0 saturated carbocycles. The smallest absolute Gasteiger partial charge is 0.242 e. The van der Waals surface area contributed by atoms with Crippen LogP contribution in [0.15, 0.2) is 36.5 Å². The van der Waals surface area contributed by atoms with E-state index in [1.165, 1.54) is 0 Å². The van der Waals surface area contributed by atoms with Crippen LogP contribution in [0.3, 0.4) is 0 Å². The van der Waals surface area contributed by atoms with E-state index in [1.807, 2.05) is 48.0 Å². The minimum atomic E-state index is -0.383. The molecule has 6 nitrogen and oxygen atoms in total. The molecule has 23 heavy (non-hydrogen) atoms. The van der Waals surface area contributed by atoms with Gasteiger partial charge in [0.05, 0.1) is 5.69 Å². The summed E-state index contributed by atoms with van der Waals surface area (Å²) in [6, 6.07) is 9.64. The van der Waals surface area contributed by atoms with Crippen LogP contribution in [0.2, 0.25) is 0 Å². The van der Waals surface area contributed by atoms with Crippen molar-refractivity contribution in [3.05, 3.63) is 48.0 Å². The highest BCUT2D eigenvalue weighted by Crippen LogP contribution is 2.12. The summed E-state index contributed by atoms with van der Waals surface area (Å²) in [6.07, 6.45) is 3.66. The normalized spacial score (nSPS) is 17.1. The van der Waals surface area contributed by atoms with E-state index in [-0.39, 0.29) is 17.9 Å². The molecular formula is C17H20N4O2. The van der Waals surface area contributed by atoms with Crippen molar-refractivity contribution in [2.75, 3.05) is 6.54 Å². The lowest BCUT2D eigenvalue weighted by molar-refractivity contribution is -0.125. The number of rotatable bonds is 5. The molecule has 2 aromatic rings. The molecule has 1 fully saturated rings. The van der Waals surface area contributed by atoms with Crippen LogP contribution in [-0.2, 0) is 16.0 Å². The highest BCUT2D eigenvalue weighted by Gasteiger charge is 2.26. The summed E-state index contributed by atoms with van der Waals surface area (Å²) >= 11 is 0. The van der Waals surface area contributed by atoms with Gasteiger partial charge in [-0.15, -0.1) is 0 Å². The Kier molecular flexibility index (Phi) is 4.41. The monoisotopic (exact) mass is 312 g/mol. The third-order valence-electron chi connectivity index (χ3n) is 3.96. The maximum atomic E-state index is 11.9. The van der Waals surface area contributed by atoms with Crippen LogP contribution in [0.5, 0.6) is 0 Å². The first kappa shape index (κ1) is 15.3. The van der Waals surface area contributed by atoms with Crippen LogP contribution in [0.25, 0.3) is 5.69 Å². The minimum absolute atomic E-state index is 0.0534. The summed E-state index contributed by atoms with van der Waals surface area (Å²) in [7, 11) is 0. The van der Waals surface area contributed by atoms with E-state index in [0.29, 0.717) is 25.8 Å². The van der Waals surface area contributed by atoms with Gasteiger partial charge in [0.15, 0.2) is 0 Å². The predicted octanol–water partition coefficient (Wildman–Crippen LogP) is 1.12. The molecule has 2 N–H and O–H groups in total. The Hall–Kier alpha value is -2.63. The van der Waals surface area contributed by atoms with E-state index in [9.17, 15) is 9.59 Å². The van der Waals surface area contributed by atoms with E-state index in [1.54, 1.807) is 0 Å². The summed E-state index contributed by atoms with van der Waals surface area (Å²) in [4.78, 5) is 27.6. The molecule has 6 heteroatoms. The molecule has 1 aromatic carbocycles. The van der Waals surface area contributed by atoms with Crippen molar-refractivity contribution in [1.29, 1.82) is 0 Å². The van der Waals surface area contributed by atoms with E-state index >= 15 is 0 Å². The van der Waals surface area contributed by atoms with Gasteiger partial charge in [0.25, 0.3) is 0 Å². The van der Waals surface area contributed by atoms with Crippen molar-refractivity contribution < 1.29 is 9.59 Å². The van der Waals surface area contributed by atoms with Gasteiger partial charge in [-0.3, -0.25) is 9.59 Å². The topological polar surface area (TPSA) is 76.0 Å². The lowest BCUT2D eigenvalue weighted by Crippen LogP contribution is -2.42. The molecule has 120 valence electrons. The van der Waals surface area contributed by atoms with E-state index in [2.05, 4.69) is 15.6 Å².